The predicted octanol–water partition coefficient (Wildman–Crippen LogP) is 4.47. The molecule has 0 amide bonds. The van der Waals surface area contributed by atoms with Crippen LogP contribution in [0.25, 0.3) is 0 Å². The van der Waals surface area contributed by atoms with Gasteiger partial charge in [-0.3, -0.25) is 0 Å². The summed E-state index contributed by atoms with van der Waals surface area (Å²) in [6.45, 7) is 2.84. The van der Waals surface area contributed by atoms with Crippen LogP contribution in [0.5, 0.6) is 11.5 Å². The van der Waals surface area contributed by atoms with Crippen LogP contribution < -0.4 is 10.1 Å². The lowest BCUT2D eigenvalue weighted by molar-refractivity contribution is 0.483. The Morgan fingerprint density at radius 3 is 2.56 bits per heavy atom. The predicted molar refractivity (Wildman–Crippen MR) is 76.3 cm³/mol. The highest BCUT2D eigenvalue weighted by atomic mass is 16.5. The molecule has 18 heavy (non-hydrogen) atoms. The second-order valence-corrected chi connectivity index (χ2v) is 3.89. The maximum atomic E-state index is 5.77. The molecule has 0 atom stereocenters. The van der Waals surface area contributed by atoms with Crippen LogP contribution >= 0.6 is 0 Å². The van der Waals surface area contributed by atoms with E-state index in [1.807, 2.05) is 67.6 Å². The molecule has 0 aliphatic heterocycles. The molecule has 0 aliphatic rings. The first-order valence-corrected chi connectivity index (χ1v) is 6.06. The molecule has 0 unspecified atom stereocenters. The van der Waals surface area contributed by atoms with E-state index in [-0.39, 0.29) is 0 Å². The molecule has 0 heterocycles. The van der Waals surface area contributed by atoms with Crippen molar-refractivity contribution in [1.29, 1.82) is 0 Å². The number of nitrogens with one attached hydrogen (secondary N) is 1. The van der Waals surface area contributed by atoms with Crippen molar-refractivity contribution in [3.05, 3.63) is 66.7 Å². The van der Waals surface area contributed by atoms with Crippen LogP contribution in [-0.4, -0.2) is 6.54 Å². The number of rotatable bonds is 5. The van der Waals surface area contributed by atoms with Crippen molar-refractivity contribution < 1.29 is 4.74 Å². The summed E-state index contributed by atoms with van der Waals surface area (Å²) in [5, 5.41) is 3.30. The van der Waals surface area contributed by atoms with E-state index in [1.165, 1.54) is 0 Å². The molecule has 0 aromatic heterocycles. The van der Waals surface area contributed by atoms with Crippen molar-refractivity contribution in [1.82, 2.24) is 0 Å². The first-order chi connectivity index (χ1) is 8.88. The quantitative estimate of drug-likeness (QED) is 0.777. The van der Waals surface area contributed by atoms with Gasteiger partial charge in [0.2, 0.25) is 0 Å². The molecular weight excluding hydrogens is 222 g/mol. The molecule has 0 saturated heterocycles. The maximum absolute atomic E-state index is 5.77. The van der Waals surface area contributed by atoms with Crippen LogP contribution in [0.2, 0.25) is 0 Å². The normalized spacial score (nSPS) is 10.5. The summed E-state index contributed by atoms with van der Waals surface area (Å²) in [4.78, 5) is 0. The van der Waals surface area contributed by atoms with Gasteiger partial charge in [0.15, 0.2) is 0 Å². The second-order valence-electron chi connectivity index (χ2n) is 3.89. The standard InChI is InChI=1S/C16H17NO/c1-2-3-12-17-14-8-7-11-16(13-14)18-15-9-5-4-6-10-15/h2-11,13,17H,12H2,1H3. The van der Waals surface area contributed by atoms with Crippen LogP contribution in [0.3, 0.4) is 0 Å². The van der Waals surface area contributed by atoms with Gasteiger partial charge in [-0.05, 0) is 31.2 Å². The van der Waals surface area contributed by atoms with Crippen molar-refractivity contribution in [2.75, 3.05) is 11.9 Å². The van der Waals surface area contributed by atoms with Crippen LogP contribution in [-0.2, 0) is 0 Å². The molecule has 0 aliphatic carbocycles. The Morgan fingerprint density at radius 2 is 1.78 bits per heavy atom. The Morgan fingerprint density at radius 1 is 1.00 bits per heavy atom. The molecule has 2 aromatic rings. The fourth-order valence-electron chi connectivity index (χ4n) is 1.59. The largest absolute Gasteiger partial charge is 0.457 e. The zero-order chi connectivity index (χ0) is 12.6. The Balaban J connectivity index is 2.03. The number of anilines is 1. The van der Waals surface area contributed by atoms with Gasteiger partial charge in [0.25, 0.3) is 0 Å². The molecular formula is C16H17NO. The van der Waals surface area contributed by atoms with Crippen LogP contribution in [0, 0.1) is 0 Å². The van der Waals surface area contributed by atoms with Crippen LogP contribution in [0.1, 0.15) is 6.92 Å². The average molecular weight is 239 g/mol. The van der Waals surface area contributed by atoms with E-state index in [4.69, 9.17) is 4.74 Å². The topological polar surface area (TPSA) is 21.3 Å². The van der Waals surface area contributed by atoms with Crippen LogP contribution in [0.4, 0.5) is 5.69 Å². The second kappa shape index (κ2) is 6.50. The fraction of sp³-hybridized carbons (Fsp3) is 0.125. The molecule has 2 rings (SSSR count). The number of allylic oxidation sites excluding steroid dienone is 1. The first-order valence-electron chi connectivity index (χ1n) is 6.06. The minimum atomic E-state index is 0.825. The molecule has 0 saturated carbocycles. The first kappa shape index (κ1) is 12.2. The smallest absolute Gasteiger partial charge is 0.129 e. The van der Waals surface area contributed by atoms with Gasteiger partial charge in [0, 0.05) is 18.3 Å². The third-order valence-corrected chi connectivity index (χ3v) is 2.47. The van der Waals surface area contributed by atoms with Gasteiger partial charge in [0.05, 0.1) is 0 Å². The Labute approximate surface area is 108 Å². The van der Waals surface area contributed by atoms with E-state index >= 15 is 0 Å². The molecule has 2 nitrogen and oxygen atoms in total. The molecule has 0 radical (unpaired) electrons. The monoisotopic (exact) mass is 239 g/mol. The third-order valence-electron chi connectivity index (χ3n) is 2.47. The number of ether oxygens (including phenoxy) is 1. The zero-order valence-electron chi connectivity index (χ0n) is 10.5. The molecule has 92 valence electrons. The summed E-state index contributed by atoms with van der Waals surface area (Å²) in [7, 11) is 0. The lowest BCUT2D eigenvalue weighted by Crippen LogP contribution is -1.97. The van der Waals surface area contributed by atoms with Crippen molar-refractivity contribution in [2.45, 2.75) is 6.92 Å². The Kier molecular flexibility index (Phi) is 4.42. The Hall–Kier alpha value is -2.22. The molecule has 1 N–H and O–H groups in total. The minimum absolute atomic E-state index is 0.825. The highest BCUT2D eigenvalue weighted by Crippen LogP contribution is 2.23. The van der Waals surface area contributed by atoms with E-state index in [2.05, 4.69) is 11.4 Å². The van der Waals surface area contributed by atoms with Gasteiger partial charge in [0.1, 0.15) is 11.5 Å². The highest BCUT2D eigenvalue weighted by molar-refractivity contribution is 5.49. The molecule has 2 aromatic carbocycles. The van der Waals surface area contributed by atoms with E-state index < -0.39 is 0 Å². The number of benzene rings is 2. The lowest BCUT2D eigenvalue weighted by atomic mass is 10.3. The summed E-state index contributed by atoms with van der Waals surface area (Å²) in [6, 6.07) is 17.7. The van der Waals surface area contributed by atoms with E-state index in [0.29, 0.717) is 0 Å². The third kappa shape index (κ3) is 3.67. The number of hydrogen-bond donors (Lipinski definition) is 1. The van der Waals surface area contributed by atoms with Crippen molar-refractivity contribution in [3.63, 3.8) is 0 Å². The van der Waals surface area contributed by atoms with Gasteiger partial charge >= 0.3 is 0 Å². The average Bonchev–Trinajstić information content (AvgIpc) is 2.41. The minimum Gasteiger partial charge on any atom is -0.457 e. The van der Waals surface area contributed by atoms with E-state index in [1.54, 1.807) is 0 Å². The van der Waals surface area contributed by atoms with E-state index in [9.17, 15) is 0 Å². The highest BCUT2D eigenvalue weighted by Gasteiger charge is 1.97. The fourth-order valence-corrected chi connectivity index (χ4v) is 1.59. The maximum Gasteiger partial charge on any atom is 0.129 e. The van der Waals surface area contributed by atoms with Crippen molar-refractivity contribution in [3.8, 4) is 11.5 Å². The molecule has 0 spiro atoms. The zero-order valence-corrected chi connectivity index (χ0v) is 10.5. The summed E-state index contributed by atoms with van der Waals surface area (Å²) in [5.74, 6) is 1.69. The van der Waals surface area contributed by atoms with Gasteiger partial charge in [-0.1, -0.05) is 36.4 Å². The molecule has 2 heteroatoms. The molecule has 0 fully saturated rings. The van der Waals surface area contributed by atoms with Gasteiger partial charge < -0.3 is 10.1 Å². The lowest BCUT2D eigenvalue weighted by Gasteiger charge is -2.08. The molecule has 0 bridgehead atoms. The number of hydrogen-bond acceptors (Lipinski definition) is 2. The van der Waals surface area contributed by atoms with Gasteiger partial charge in [-0.15, -0.1) is 0 Å². The van der Waals surface area contributed by atoms with E-state index in [0.717, 1.165) is 23.7 Å². The van der Waals surface area contributed by atoms with Crippen LogP contribution in [0.15, 0.2) is 66.7 Å². The Bertz CT molecular complexity index is 506. The van der Waals surface area contributed by atoms with Gasteiger partial charge in [-0.2, -0.15) is 0 Å². The van der Waals surface area contributed by atoms with Gasteiger partial charge in [-0.25, -0.2) is 0 Å². The SMILES string of the molecule is CC=CCNc1cccc(Oc2ccccc2)c1. The summed E-state index contributed by atoms with van der Waals surface area (Å²) >= 11 is 0. The van der Waals surface area contributed by atoms with Crippen molar-refractivity contribution >= 4 is 5.69 Å². The summed E-state index contributed by atoms with van der Waals surface area (Å²) < 4.78 is 5.77. The summed E-state index contributed by atoms with van der Waals surface area (Å²) in [6.07, 6.45) is 4.10. The number of para-hydroxylation sites is 1. The van der Waals surface area contributed by atoms with Crippen molar-refractivity contribution in [2.24, 2.45) is 0 Å². The summed E-state index contributed by atoms with van der Waals surface area (Å²) in [5.41, 5.74) is 1.06.